The number of hydrogen-bond acceptors (Lipinski definition) is 4. The summed E-state index contributed by atoms with van der Waals surface area (Å²) in [5.74, 6) is 0.709. The number of aromatic nitrogens is 4. The molecule has 0 amide bonds. The molecule has 1 aromatic heterocycles. The quantitative estimate of drug-likeness (QED) is 0.813. The first-order valence-corrected chi connectivity index (χ1v) is 5.14. The monoisotopic (exact) mass is 247 g/mol. The third-order valence-electron chi connectivity index (χ3n) is 1.67. The van der Waals surface area contributed by atoms with Gasteiger partial charge in [0.1, 0.15) is 0 Å². The maximum absolute atomic E-state index is 3.84. The van der Waals surface area contributed by atoms with Gasteiger partial charge in [-0.05, 0) is 23.8 Å². The van der Waals surface area contributed by atoms with Gasteiger partial charge in [0.05, 0.1) is 0 Å². The SMILES string of the molecule is CC(Br)CC(C)Nc1nnnn1C. The predicted octanol–water partition coefficient (Wildman–Crippen LogP) is 1.18. The summed E-state index contributed by atoms with van der Waals surface area (Å²) in [5, 5.41) is 14.3. The highest BCUT2D eigenvalue weighted by molar-refractivity contribution is 9.09. The van der Waals surface area contributed by atoms with Crippen LogP contribution in [0.15, 0.2) is 0 Å². The standard InChI is InChI=1S/C7H14BrN5/c1-5(8)4-6(2)9-7-10-11-12-13(7)3/h5-6H,4H2,1-3H3,(H,9,10,12). The first-order chi connectivity index (χ1) is 6.09. The molecule has 6 heteroatoms. The third kappa shape index (κ3) is 3.30. The van der Waals surface area contributed by atoms with Crippen LogP contribution in [0, 0.1) is 0 Å². The number of alkyl halides is 1. The van der Waals surface area contributed by atoms with Gasteiger partial charge < -0.3 is 5.32 Å². The third-order valence-corrected chi connectivity index (χ3v) is 2.05. The molecule has 0 saturated heterocycles. The summed E-state index contributed by atoms with van der Waals surface area (Å²) in [7, 11) is 1.81. The van der Waals surface area contributed by atoms with E-state index in [0.29, 0.717) is 16.8 Å². The van der Waals surface area contributed by atoms with Crippen molar-refractivity contribution in [3.05, 3.63) is 0 Å². The molecule has 0 aromatic carbocycles. The summed E-state index contributed by atoms with van der Waals surface area (Å²) in [6.45, 7) is 4.22. The van der Waals surface area contributed by atoms with Gasteiger partial charge in [-0.2, -0.15) is 0 Å². The number of aryl methyl sites for hydroxylation is 1. The van der Waals surface area contributed by atoms with Crippen molar-refractivity contribution in [2.24, 2.45) is 7.05 Å². The summed E-state index contributed by atoms with van der Waals surface area (Å²) >= 11 is 3.50. The average Bonchev–Trinajstić information content (AvgIpc) is 2.34. The molecule has 1 aromatic rings. The van der Waals surface area contributed by atoms with Crippen molar-refractivity contribution in [3.8, 4) is 0 Å². The molecule has 0 bridgehead atoms. The van der Waals surface area contributed by atoms with E-state index in [4.69, 9.17) is 0 Å². The van der Waals surface area contributed by atoms with Crippen LogP contribution >= 0.6 is 15.9 Å². The van der Waals surface area contributed by atoms with Crippen LogP contribution in [0.5, 0.6) is 0 Å². The Morgan fingerprint density at radius 1 is 1.54 bits per heavy atom. The highest BCUT2D eigenvalue weighted by Crippen LogP contribution is 2.10. The minimum atomic E-state index is 0.360. The van der Waals surface area contributed by atoms with E-state index in [-0.39, 0.29) is 0 Å². The molecule has 74 valence electrons. The molecular weight excluding hydrogens is 234 g/mol. The zero-order valence-corrected chi connectivity index (χ0v) is 9.61. The van der Waals surface area contributed by atoms with Crippen molar-refractivity contribution in [2.75, 3.05) is 5.32 Å². The number of halogens is 1. The van der Waals surface area contributed by atoms with E-state index in [1.807, 2.05) is 7.05 Å². The fourth-order valence-electron chi connectivity index (χ4n) is 1.12. The van der Waals surface area contributed by atoms with Crippen LogP contribution in [0.25, 0.3) is 0 Å². The lowest BCUT2D eigenvalue weighted by Crippen LogP contribution is -2.20. The van der Waals surface area contributed by atoms with Crippen LogP contribution in [0.3, 0.4) is 0 Å². The van der Waals surface area contributed by atoms with Gasteiger partial charge in [-0.3, -0.25) is 0 Å². The second-order valence-electron chi connectivity index (χ2n) is 3.19. The van der Waals surface area contributed by atoms with Gasteiger partial charge in [-0.1, -0.05) is 28.0 Å². The van der Waals surface area contributed by atoms with E-state index in [2.05, 4.69) is 50.6 Å². The van der Waals surface area contributed by atoms with Gasteiger partial charge in [0.25, 0.3) is 0 Å². The van der Waals surface area contributed by atoms with E-state index >= 15 is 0 Å². The van der Waals surface area contributed by atoms with Gasteiger partial charge in [-0.25, -0.2) is 4.68 Å². The second kappa shape index (κ2) is 4.55. The van der Waals surface area contributed by atoms with Crippen molar-refractivity contribution < 1.29 is 0 Å². The Morgan fingerprint density at radius 3 is 2.69 bits per heavy atom. The molecule has 5 nitrogen and oxygen atoms in total. The van der Waals surface area contributed by atoms with Crippen LogP contribution in [-0.4, -0.2) is 31.1 Å². The Kier molecular flexibility index (Phi) is 3.65. The summed E-state index contributed by atoms with van der Waals surface area (Å²) in [5.41, 5.74) is 0. The first kappa shape index (κ1) is 10.4. The molecule has 0 aliphatic rings. The molecule has 2 atom stereocenters. The van der Waals surface area contributed by atoms with Gasteiger partial charge in [-0.15, -0.1) is 0 Å². The van der Waals surface area contributed by atoms with Crippen molar-refractivity contribution in [3.63, 3.8) is 0 Å². The van der Waals surface area contributed by atoms with E-state index in [1.165, 1.54) is 0 Å². The Hall–Kier alpha value is -0.650. The smallest absolute Gasteiger partial charge is 0.242 e. The summed E-state index contributed by atoms with van der Waals surface area (Å²) < 4.78 is 1.62. The molecule has 1 rings (SSSR count). The maximum Gasteiger partial charge on any atom is 0.242 e. The Labute approximate surface area is 86.0 Å². The van der Waals surface area contributed by atoms with Gasteiger partial charge in [0.2, 0.25) is 5.95 Å². The normalized spacial score (nSPS) is 15.4. The highest BCUT2D eigenvalue weighted by atomic mass is 79.9. The van der Waals surface area contributed by atoms with Gasteiger partial charge in [0.15, 0.2) is 0 Å². The maximum atomic E-state index is 3.84. The van der Waals surface area contributed by atoms with E-state index in [1.54, 1.807) is 4.68 Å². The number of hydrogen-bond donors (Lipinski definition) is 1. The lowest BCUT2D eigenvalue weighted by Gasteiger charge is -2.14. The molecule has 1 N–H and O–H groups in total. The molecule has 0 spiro atoms. The molecule has 0 saturated carbocycles. The van der Waals surface area contributed by atoms with Crippen molar-refractivity contribution >= 4 is 21.9 Å². The fraction of sp³-hybridized carbons (Fsp3) is 0.857. The van der Waals surface area contributed by atoms with Gasteiger partial charge in [0, 0.05) is 17.9 Å². The van der Waals surface area contributed by atoms with Crippen LogP contribution in [0.1, 0.15) is 20.3 Å². The molecule has 0 aliphatic carbocycles. The number of nitrogens with one attached hydrogen (secondary N) is 1. The van der Waals surface area contributed by atoms with Crippen molar-refractivity contribution in [1.82, 2.24) is 20.2 Å². The largest absolute Gasteiger partial charge is 0.351 e. The molecule has 13 heavy (non-hydrogen) atoms. The Bertz CT molecular complexity index is 259. The fourth-order valence-corrected chi connectivity index (χ4v) is 1.68. The summed E-state index contributed by atoms with van der Waals surface area (Å²) in [6.07, 6.45) is 1.03. The van der Waals surface area contributed by atoms with Crippen molar-refractivity contribution in [1.29, 1.82) is 0 Å². The minimum absolute atomic E-state index is 0.360. The van der Waals surface area contributed by atoms with Crippen molar-refractivity contribution in [2.45, 2.75) is 31.1 Å². The minimum Gasteiger partial charge on any atom is -0.351 e. The van der Waals surface area contributed by atoms with E-state index < -0.39 is 0 Å². The lowest BCUT2D eigenvalue weighted by molar-refractivity contribution is 0.674. The van der Waals surface area contributed by atoms with Crippen LogP contribution in [0.2, 0.25) is 0 Å². The van der Waals surface area contributed by atoms with E-state index in [9.17, 15) is 0 Å². The van der Waals surface area contributed by atoms with Crippen LogP contribution in [0.4, 0.5) is 5.95 Å². The van der Waals surface area contributed by atoms with Crippen LogP contribution < -0.4 is 5.32 Å². The molecule has 2 unspecified atom stereocenters. The molecule has 0 radical (unpaired) electrons. The highest BCUT2D eigenvalue weighted by Gasteiger charge is 2.08. The Balaban J connectivity index is 2.45. The number of nitrogens with zero attached hydrogens (tertiary/aromatic N) is 4. The first-order valence-electron chi connectivity index (χ1n) is 4.22. The zero-order valence-electron chi connectivity index (χ0n) is 8.03. The Morgan fingerprint density at radius 2 is 2.23 bits per heavy atom. The molecule has 0 aliphatic heterocycles. The average molecular weight is 248 g/mol. The number of tetrazole rings is 1. The van der Waals surface area contributed by atoms with E-state index in [0.717, 1.165) is 6.42 Å². The second-order valence-corrected chi connectivity index (χ2v) is 4.75. The predicted molar refractivity (Wildman–Crippen MR) is 54.9 cm³/mol. The topological polar surface area (TPSA) is 55.6 Å². The molecule has 1 heterocycles. The number of anilines is 1. The van der Waals surface area contributed by atoms with Gasteiger partial charge >= 0.3 is 0 Å². The molecular formula is C7H14BrN5. The van der Waals surface area contributed by atoms with Crippen LogP contribution in [-0.2, 0) is 7.05 Å². The zero-order chi connectivity index (χ0) is 9.84. The summed E-state index contributed by atoms with van der Waals surface area (Å²) in [4.78, 5) is 0.496. The molecule has 0 fully saturated rings. The summed E-state index contributed by atoms with van der Waals surface area (Å²) in [6, 6.07) is 0.360. The number of rotatable bonds is 4. The lowest BCUT2D eigenvalue weighted by atomic mass is 10.2.